The van der Waals surface area contributed by atoms with Crippen LogP contribution in [0.25, 0.3) is 10.8 Å². The molecule has 2 aromatic rings. The van der Waals surface area contributed by atoms with Crippen LogP contribution in [0.1, 0.15) is 5.56 Å². The van der Waals surface area contributed by atoms with Crippen LogP contribution < -0.4 is 4.74 Å². The molecular formula is C12H8ClNO. The van der Waals surface area contributed by atoms with E-state index in [1.165, 1.54) is 0 Å². The van der Waals surface area contributed by atoms with Gasteiger partial charge < -0.3 is 4.74 Å². The van der Waals surface area contributed by atoms with Crippen molar-refractivity contribution in [2.45, 2.75) is 0 Å². The number of fused-ring (bicyclic) bond motifs is 1. The highest BCUT2D eigenvalue weighted by Gasteiger charge is 2.04. The first-order chi connectivity index (χ1) is 7.24. The molecular weight excluding hydrogens is 210 g/mol. The normalized spacial score (nSPS) is 9.93. The lowest BCUT2D eigenvalue weighted by Crippen LogP contribution is -1.88. The molecule has 0 bridgehead atoms. The molecule has 0 N–H and O–H groups in total. The van der Waals surface area contributed by atoms with Crippen molar-refractivity contribution in [3.8, 4) is 11.8 Å². The number of nitriles is 1. The average Bonchev–Trinajstić information content (AvgIpc) is 2.27. The summed E-state index contributed by atoms with van der Waals surface area (Å²) in [4.78, 5) is 0. The lowest BCUT2D eigenvalue weighted by molar-refractivity contribution is 0.414. The third-order valence-electron chi connectivity index (χ3n) is 2.24. The minimum absolute atomic E-state index is 0.521. The zero-order valence-electron chi connectivity index (χ0n) is 8.12. The maximum atomic E-state index is 8.92. The topological polar surface area (TPSA) is 33.0 Å². The Bertz CT molecular complexity index is 557. The Morgan fingerprint density at radius 1 is 1.20 bits per heavy atom. The summed E-state index contributed by atoms with van der Waals surface area (Å²) in [7, 11) is 1.55. The summed E-state index contributed by atoms with van der Waals surface area (Å²) in [5.41, 5.74) is 0.521. The van der Waals surface area contributed by atoms with Gasteiger partial charge in [0.25, 0.3) is 0 Å². The van der Waals surface area contributed by atoms with Crippen LogP contribution in [0.5, 0.6) is 5.75 Å². The molecule has 0 unspecified atom stereocenters. The van der Waals surface area contributed by atoms with Crippen molar-refractivity contribution >= 4 is 22.4 Å². The maximum absolute atomic E-state index is 8.92. The Morgan fingerprint density at radius 2 is 2.00 bits per heavy atom. The lowest BCUT2D eigenvalue weighted by atomic mass is 10.1. The van der Waals surface area contributed by atoms with Crippen LogP contribution in [-0.2, 0) is 0 Å². The predicted molar refractivity (Wildman–Crippen MR) is 60.2 cm³/mol. The molecule has 2 nitrogen and oxygen atoms in total. The highest BCUT2D eigenvalue weighted by atomic mass is 35.5. The molecule has 0 fully saturated rings. The first-order valence-corrected chi connectivity index (χ1v) is 4.80. The summed E-state index contributed by atoms with van der Waals surface area (Å²) in [5.74, 6) is 0.590. The van der Waals surface area contributed by atoms with Gasteiger partial charge in [0.05, 0.1) is 12.7 Å². The quantitative estimate of drug-likeness (QED) is 0.734. The summed E-state index contributed by atoms with van der Waals surface area (Å²) < 4.78 is 5.12. The van der Waals surface area contributed by atoms with Gasteiger partial charge in [0.1, 0.15) is 11.8 Å². The van der Waals surface area contributed by atoms with E-state index < -0.39 is 0 Å². The average molecular weight is 218 g/mol. The van der Waals surface area contributed by atoms with Crippen LogP contribution in [0.4, 0.5) is 0 Å². The molecule has 0 aliphatic rings. The van der Waals surface area contributed by atoms with E-state index in [1.807, 2.05) is 24.3 Å². The molecule has 0 amide bonds. The monoisotopic (exact) mass is 217 g/mol. The smallest absolute Gasteiger partial charge is 0.137 e. The van der Waals surface area contributed by atoms with Gasteiger partial charge in [-0.2, -0.15) is 5.26 Å². The first-order valence-electron chi connectivity index (χ1n) is 4.42. The van der Waals surface area contributed by atoms with Crippen molar-refractivity contribution in [1.82, 2.24) is 0 Å². The van der Waals surface area contributed by atoms with Crippen LogP contribution >= 0.6 is 11.6 Å². The fraction of sp³-hybridized carbons (Fsp3) is 0.0833. The Morgan fingerprint density at radius 3 is 2.67 bits per heavy atom. The fourth-order valence-corrected chi connectivity index (χ4v) is 1.68. The Balaban J connectivity index is 2.77. The third kappa shape index (κ3) is 1.74. The van der Waals surface area contributed by atoms with Gasteiger partial charge >= 0.3 is 0 Å². The zero-order valence-corrected chi connectivity index (χ0v) is 8.88. The number of nitrogens with zero attached hydrogens (tertiary/aromatic N) is 1. The molecule has 15 heavy (non-hydrogen) atoms. The van der Waals surface area contributed by atoms with E-state index >= 15 is 0 Å². The highest BCUT2D eigenvalue weighted by Crippen LogP contribution is 2.27. The molecule has 0 heterocycles. The second kappa shape index (κ2) is 3.80. The number of ether oxygens (including phenoxy) is 1. The molecule has 0 spiro atoms. The molecule has 2 aromatic carbocycles. The predicted octanol–water partition coefficient (Wildman–Crippen LogP) is 3.37. The molecule has 0 aromatic heterocycles. The molecule has 0 atom stereocenters. The minimum atomic E-state index is 0.521. The van der Waals surface area contributed by atoms with Crippen molar-refractivity contribution in [2.75, 3.05) is 7.11 Å². The Kier molecular flexibility index (Phi) is 2.49. The molecule has 0 radical (unpaired) electrons. The summed E-state index contributed by atoms with van der Waals surface area (Å²) in [5, 5.41) is 11.5. The van der Waals surface area contributed by atoms with Crippen LogP contribution in [-0.4, -0.2) is 7.11 Å². The second-order valence-electron chi connectivity index (χ2n) is 3.16. The van der Waals surface area contributed by atoms with E-state index in [9.17, 15) is 0 Å². The third-order valence-corrected chi connectivity index (χ3v) is 2.48. The molecule has 0 aliphatic heterocycles. The lowest BCUT2D eigenvalue weighted by Gasteiger charge is -2.05. The zero-order chi connectivity index (χ0) is 10.8. The molecule has 0 aliphatic carbocycles. The van der Waals surface area contributed by atoms with Gasteiger partial charge in [0.15, 0.2) is 0 Å². The molecule has 74 valence electrons. The number of methoxy groups -OCH3 is 1. The Labute approximate surface area is 92.7 Å². The molecule has 0 saturated carbocycles. The molecule has 2 rings (SSSR count). The number of hydrogen-bond acceptors (Lipinski definition) is 2. The number of rotatable bonds is 1. The van der Waals surface area contributed by atoms with Crippen molar-refractivity contribution in [3.05, 3.63) is 40.9 Å². The minimum Gasteiger partial charge on any atom is -0.495 e. The maximum Gasteiger partial charge on any atom is 0.137 e. The first kappa shape index (κ1) is 9.82. The summed E-state index contributed by atoms with van der Waals surface area (Å²) in [6, 6.07) is 11.3. The summed E-state index contributed by atoms with van der Waals surface area (Å²) >= 11 is 5.87. The van der Waals surface area contributed by atoms with E-state index in [0.29, 0.717) is 16.3 Å². The number of hydrogen-bond donors (Lipinski definition) is 0. The van der Waals surface area contributed by atoms with Crippen LogP contribution in [0.3, 0.4) is 0 Å². The van der Waals surface area contributed by atoms with Crippen molar-refractivity contribution in [2.24, 2.45) is 0 Å². The van der Waals surface area contributed by atoms with E-state index in [1.54, 1.807) is 13.2 Å². The van der Waals surface area contributed by atoms with Gasteiger partial charge in [-0.15, -0.1) is 0 Å². The summed E-state index contributed by atoms with van der Waals surface area (Å²) in [6.45, 7) is 0. The summed E-state index contributed by atoms with van der Waals surface area (Å²) in [6.07, 6.45) is 0. The standard InChI is InChI=1S/C12H8ClNO/c1-15-12-6-8-2-3-11(13)5-9(8)4-10(12)7-14/h2-6H,1H3. The van der Waals surface area contributed by atoms with Crippen LogP contribution in [0.15, 0.2) is 30.3 Å². The van der Waals surface area contributed by atoms with Crippen LogP contribution in [0, 0.1) is 11.3 Å². The van der Waals surface area contributed by atoms with Gasteiger partial charge in [-0.1, -0.05) is 17.7 Å². The number of benzene rings is 2. The Hall–Kier alpha value is -1.72. The van der Waals surface area contributed by atoms with Crippen molar-refractivity contribution in [3.63, 3.8) is 0 Å². The SMILES string of the molecule is COc1cc2ccc(Cl)cc2cc1C#N. The van der Waals surface area contributed by atoms with Crippen molar-refractivity contribution in [1.29, 1.82) is 5.26 Å². The molecule has 3 heteroatoms. The van der Waals surface area contributed by atoms with Gasteiger partial charge in [0.2, 0.25) is 0 Å². The van der Waals surface area contributed by atoms with Gasteiger partial charge in [0, 0.05) is 5.02 Å². The molecule has 0 saturated heterocycles. The van der Waals surface area contributed by atoms with Gasteiger partial charge in [-0.05, 0) is 35.0 Å². The van der Waals surface area contributed by atoms with E-state index in [4.69, 9.17) is 21.6 Å². The van der Waals surface area contributed by atoms with Gasteiger partial charge in [-0.25, -0.2) is 0 Å². The number of halogens is 1. The fourth-order valence-electron chi connectivity index (χ4n) is 1.50. The van der Waals surface area contributed by atoms with Gasteiger partial charge in [-0.3, -0.25) is 0 Å². The van der Waals surface area contributed by atoms with E-state index in [-0.39, 0.29) is 0 Å². The van der Waals surface area contributed by atoms with E-state index in [0.717, 1.165) is 10.8 Å². The second-order valence-corrected chi connectivity index (χ2v) is 3.59. The van der Waals surface area contributed by atoms with Crippen molar-refractivity contribution < 1.29 is 4.74 Å². The highest BCUT2D eigenvalue weighted by molar-refractivity contribution is 6.31. The van der Waals surface area contributed by atoms with E-state index in [2.05, 4.69) is 6.07 Å². The van der Waals surface area contributed by atoms with Crippen LogP contribution in [0.2, 0.25) is 5.02 Å². The largest absolute Gasteiger partial charge is 0.495 e.